The molecule has 3 aromatic rings. The van der Waals surface area contributed by atoms with Gasteiger partial charge in [0.1, 0.15) is 18.4 Å². The average molecular weight is 475 g/mol. The molecule has 4 N–H and O–H groups in total. The first kappa shape index (κ1) is 23.8. The average Bonchev–Trinajstić information content (AvgIpc) is 3.17. The molecule has 0 saturated heterocycles. The van der Waals surface area contributed by atoms with Crippen LogP contribution in [0.25, 0.3) is 11.1 Å². The van der Waals surface area contributed by atoms with Gasteiger partial charge < -0.3 is 25.6 Å². The van der Waals surface area contributed by atoms with Gasteiger partial charge in [0.05, 0.1) is 6.42 Å². The summed E-state index contributed by atoms with van der Waals surface area (Å²) in [5, 5.41) is 23.5. The minimum Gasteiger partial charge on any atom is -0.508 e. The fraction of sp³-hybridized carbons (Fsp3) is 0.222. The van der Waals surface area contributed by atoms with Gasteiger partial charge in [0.25, 0.3) is 0 Å². The lowest BCUT2D eigenvalue weighted by atomic mass is 9.98. The second-order valence-electron chi connectivity index (χ2n) is 8.33. The summed E-state index contributed by atoms with van der Waals surface area (Å²) in [4.78, 5) is 36.2. The molecule has 0 aliphatic heterocycles. The Kier molecular flexibility index (Phi) is 7.30. The number of hydrogen-bond donors (Lipinski definition) is 4. The van der Waals surface area contributed by atoms with Crippen LogP contribution >= 0.6 is 0 Å². The van der Waals surface area contributed by atoms with Crippen molar-refractivity contribution in [1.29, 1.82) is 0 Å². The zero-order valence-corrected chi connectivity index (χ0v) is 18.9. The molecule has 4 rings (SSSR count). The molecule has 2 amide bonds. The highest BCUT2D eigenvalue weighted by Gasteiger charge is 2.30. The molecule has 0 spiro atoms. The smallest absolute Gasteiger partial charge is 0.407 e. The monoisotopic (exact) mass is 474 g/mol. The van der Waals surface area contributed by atoms with E-state index in [9.17, 15) is 19.5 Å². The van der Waals surface area contributed by atoms with Crippen LogP contribution in [0.5, 0.6) is 5.75 Å². The maximum absolute atomic E-state index is 12.7. The summed E-state index contributed by atoms with van der Waals surface area (Å²) in [5.41, 5.74) is 5.09. The predicted molar refractivity (Wildman–Crippen MR) is 129 cm³/mol. The van der Waals surface area contributed by atoms with Gasteiger partial charge >= 0.3 is 12.1 Å². The van der Waals surface area contributed by atoms with Gasteiger partial charge in [0.15, 0.2) is 0 Å². The van der Waals surface area contributed by atoms with Crippen molar-refractivity contribution in [3.63, 3.8) is 0 Å². The van der Waals surface area contributed by atoms with E-state index in [1.165, 1.54) is 12.1 Å². The summed E-state index contributed by atoms with van der Waals surface area (Å²) in [5.74, 6) is -1.59. The number of carboxylic acids is 1. The summed E-state index contributed by atoms with van der Waals surface area (Å²) in [6, 6.07) is 21.3. The highest BCUT2D eigenvalue weighted by Crippen LogP contribution is 2.44. The van der Waals surface area contributed by atoms with Gasteiger partial charge in [0, 0.05) is 18.9 Å². The topological polar surface area (TPSA) is 125 Å². The Bertz CT molecular complexity index is 1180. The largest absolute Gasteiger partial charge is 0.508 e. The van der Waals surface area contributed by atoms with Crippen molar-refractivity contribution in [2.24, 2.45) is 0 Å². The number of benzene rings is 3. The van der Waals surface area contributed by atoms with Crippen LogP contribution in [0.1, 0.15) is 29.0 Å². The third-order valence-electron chi connectivity index (χ3n) is 5.97. The number of carboxylic acid groups (broad SMARTS) is 1. The maximum Gasteiger partial charge on any atom is 0.407 e. The van der Waals surface area contributed by atoms with Gasteiger partial charge in [-0.2, -0.15) is 0 Å². The molecule has 3 aromatic carbocycles. The second-order valence-corrected chi connectivity index (χ2v) is 8.33. The standard InChI is InChI=1S/C27H26N2O6/c30-18-11-9-17(10-12-18)15-24(26(33)28-14-13-25(31)32)29-27(34)35-16-23-21-7-3-1-5-19(21)20-6-2-4-8-22(20)23/h1-12,23-24,30H,13-16H2,(H,28,33)(H,29,34)(H,31,32)/t24-/m1/s1. The molecule has 0 fully saturated rings. The zero-order valence-electron chi connectivity index (χ0n) is 18.9. The number of nitrogens with one attached hydrogen (secondary N) is 2. The summed E-state index contributed by atoms with van der Waals surface area (Å²) in [7, 11) is 0. The molecule has 1 aliphatic carbocycles. The van der Waals surface area contributed by atoms with Crippen molar-refractivity contribution in [3.05, 3.63) is 89.5 Å². The summed E-state index contributed by atoms with van der Waals surface area (Å²) in [6.45, 7) is 0.0407. The van der Waals surface area contributed by atoms with E-state index in [0.717, 1.165) is 22.3 Å². The van der Waals surface area contributed by atoms with Crippen LogP contribution in [0.15, 0.2) is 72.8 Å². The molecular formula is C27H26N2O6. The number of amides is 2. The van der Waals surface area contributed by atoms with Crippen LogP contribution in [0.4, 0.5) is 4.79 Å². The molecule has 0 heterocycles. The number of ether oxygens (including phenoxy) is 1. The molecule has 0 bridgehead atoms. The maximum atomic E-state index is 12.7. The molecular weight excluding hydrogens is 448 g/mol. The number of hydrogen-bond acceptors (Lipinski definition) is 5. The lowest BCUT2D eigenvalue weighted by Crippen LogP contribution is -2.48. The number of aromatic hydroxyl groups is 1. The Morgan fingerprint density at radius 3 is 2.09 bits per heavy atom. The first-order valence-electron chi connectivity index (χ1n) is 11.3. The Labute approximate surface area is 202 Å². The quantitative estimate of drug-likeness (QED) is 0.377. The first-order valence-corrected chi connectivity index (χ1v) is 11.3. The summed E-state index contributed by atoms with van der Waals surface area (Å²) >= 11 is 0. The molecule has 180 valence electrons. The molecule has 0 unspecified atom stereocenters. The van der Waals surface area contributed by atoms with Crippen LogP contribution in [-0.2, 0) is 20.7 Å². The van der Waals surface area contributed by atoms with E-state index >= 15 is 0 Å². The Hall–Kier alpha value is -4.33. The Balaban J connectivity index is 1.43. The van der Waals surface area contributed by atoms with E-state index in [0.29, 0.717) is 5.56 Å². The first-order chi connectivity index (χ1) is 16.9. The van der Waals surface area contributed by atoms with Gasteiger partial charge in [-0.05, 0) is 39.9 Å². The molecule has 0 radical (unpaired) electrons. The molecule has 1 atom stereocenters. The van der Waals surface area contributed by atoms with Crippen molar-refractivity contribution in [3.8, 4) is 16.9 Å². The van der Waals surface area contributed by atoms with E-state index in [2.05, 4.69) is 10.6 Å². The fourth-order valence-electron chi connectivity index (χ4n) is 4.28. The van der Waals surface area contributed by atoms with Crippen molar-refractivity contribution in [2.75, 3.05) is 13.2 Å². The highest BCUT2D eigenvalue weighted by molar-refractivity contribution is 5.86. The molecule has 8 heteroatoms. The van der Waals surface area contributed by atoms with E-state index in [-0.39, 0.29) is 37.7 Å². The third kappa shape index (κ3) is 5.78. The molecule has 1 aliphatic rings. The number of fused-ring (bicyclic) bond motifs is 3. The van der Waals surface area contributed by atoms with E-state index < -0.39 is 24.0 Å². The number of phenolic OH excluding ortho intramolecular Hbond substituents is 1. The van der Waals surface area contributed by atoms with Crippen LogP contribution < -0.4 is 10.6 Å². The van der Waals surface area contributed by atoms with Crippen LogP contribution in [0.3, 0.4) is 0 Å². The lowest BCUT2D eigenvalue weighted by molar-refractivity contribution is -0.137. The summed E-state index contributed by atoms with van der Waals surface area (Å²) < 4.78 is 5.56. The number of phenols is 1. The van der Waals surface area contributed by atoms with Crippen molar-refractivity contribution in [2.45, 2.75) is 24.8 Å². The molecule has 8 nitrogen and oxygen atoms in total. The number of aliphatic carboxylic acids is 1. The Morgan fingerprint density at radius 1 is 0.886 bits per heavy atom. The van der Waals surface area contributed by atoms with Gasteiger partial charge in [0.2, 0.25) is 5.91 Å². The Morgan fingerprint density at radius 2 is 1.49 bits per heavy atom. The number of rotatable bonds is 9. The van der Waals surface area contributed by atoms with Gasteiger partial charge in [-0.1, -0.05) is 60.7 Å². The van der Waals surface area contributed by atoms with Crippen LogP contribution in [0, 0.1) is 0 Å². The summed E-state index contributed by atoms with van der Waals surface area (Å²) in [6.07, 6.45) is -0.838. The van der Waals surface area contributed by atoms with Gasteiger partial charge in [-0.25, -0.2) is 4.79 Å². The van der Waals surface area contributed by atoms with Gasteiger partial charge in [-0.15, -0.1) is 0 Å². The van der Waals surface area contributed by atoms with Crippen molar-refractivity contribution in [1.82, 2.24) is 10.6 Å². The van der Waals surface area contributed by atoms with E-state index in [4.69, 9.17) is 9.84 Å². The molecule has 0 aromatic heterocycles. The van der Waals surface area contributed by atoms with E-state index in [1.54, 1.807) is 12.1 Å². The highest BCUT2D eigenvalue weighted by atomic mass is 16.5. The number of alkyl carbamates (subject to hydrolysis) is 1. The van der Waals surface area contributed by atoms with E-state index in [1.807, 2.05) is 48.5 Å². The molecule has 35 heavy (non-hydrogen) atoms. The van der Waals surface area contributed by atoms with Crippen molar-refractivity contribution < 1.29 is 29.3 Å². The minimum absolute atomic E-state index is 0.0629. The van der Waals surface area contributed by atoms with Crippen molar-refractivity contribution >= 4 is 18.0 Å². The minimum atomic E-state index is -1.04. The van der Waals surface area contributed by atoms with Crippen LogP contribution in [0.2, 0.25) is 0 Å². The zero-order chi connectivity index (χ0) is 24.8. The normalized spacial score (nSPS) is 12.8. The lowest BCUT2D eigenvalue weighted by Gasteiger charge is -2.20. The predicted octanol–water partition coefficient (Wildman–Crippen LogP) is 3.43. The third-order valence-corrected chi connectivity index (χ3v) is 5.97. The fourth-order valence-corrected chi connectivity index (χ4v) is 4.28. The SMILES string of the molecule is O=C(O)CCNC(=O)[C@@H](Cc1ccc(O)cc1)NC(=O)OCC1c2ccccc2-c2ccccc21. The second kappa shape index (κ2) is 10.7. The van der Waals surface area contributed by atoms with Gasteiger partial charge in [-0.3, -0.25) is 9.59 Å². The van der Waals surface area contributed by atoms with Crippen LogP contribution in [-0.4, -0.2) is 47.4 Å². The number of carbonyl (C=O) groups excluding carboxylic acids is 2. The number of carbonyl (C=O) groups is 3. The molecule has 0 saturated carbocycles.